The first kappa shape index (κ1) is 11.7. The molecule has 16 heavy (non-hydrogen) atoms. The Labute approximate surface area is 102 Å². The Hall–Kier alpha value is -0.730. The lowest BCUT2D eigenvalue weighted by Crippen LogP contribution is -2.44. The molecule has 0 radical (unpaired) electrons. The van der Waals surface area contributed by atoms with Crippen molar-refractivity contribution < 1.29 is 0 Å². The molecule has 1 aliphatic carbocycles. The highest BCUT2D eigenvalue weighted by atomic mass is 35.5. The number of nitrogens with one attached hydrogen (secondary N) is 1. The monoisotopic (exact) mass is 238 g/mol. The molecule has 88 valence electrons. The van der Waals surface area contributed by atoms with Crippen molar-refractivity contribution in [1.29, 1.82) is 0 Å². The van der Waals surface area contributed by atoms with Gasteiger partial charge in [0, 0.05) is 22.8 Å². The van der Waals surface area contributed by atoms with Crippen molar-refractivity contribution >= 4 is 17.3 Å². The van der Waals surface area contributed by atoms with Crippen LogP contribution >= 0.6 is 11.6 Å². The van der Waals surface area contributed by atoms with Gasteiger partial charge in [-0.1, -0.05) is 17.7 Å². The molecule has 0 spiro atoms. The van der Waals surface area contributed by atoms with Crippen LogP contribution in [0.4, 0.5) is 5.69 Å². The van der Waals surface area contributed by atoms with Crippen molar-refractivity contribution in [1.82, 2.24) is 0 Å². The number of nitrogens with two attached hydrogens (primary N) is 1. The summed E-state index contributed by atoms with van der Waals surface area (Å²) in [5.41, 5.74) is 8.05. The maximum atomic E-state index is 6.11. The van der Waals surface area contributed by atoms with Crippen LogP contribution in [0.1, 0.15) is 25.3 Å². The Kier molecular flexibility index (Phi) is 3.13. The molecule has 0 saturated heterocycles. The molecule has 0 amide bonds. The lowest BCUT2D eigenvalue weighted by atomic mass is 9.95. The van der Waals surface area contributed by atoms with E-state index in [1.54, 1.807) is 0 Å². The summed E-state index contributed by atoms with van der Waals surface area (Å²) in [4.78, 5) is 0. The van der Waals surface area contributed by atoms with Crippen LogP contribution in [0.2, 0.25) is 5.02 Å². The van der Waals surface area contributed by atoms with Gasteiger partial charge in [-0.25, -0.2) is 0 Å². The fourth-order valence-electron chi connectivity index (χ4n) is 2.04. The van der Waals surface area contributed by atoms with Gasteiger partial charge in [0.1, 0.15) is 0 Å². The third-order valence-corrected chi connectivity index (χ3v) is 3.91. The number of anilines is 1. The minimum atomic E-state index is 0.0125. The van der Waals surface area contributed by atoms with Crippen molar-refractivity contribution in [3.8, 4) is 0 Å². The summed E-state index contributed by atoms with van der Waals surface area (Å²) in [6.07, 6.45) is 2.56. The quantitative estimate of drug-likeness (QED) is 0.846. The van der Waals surface area contributed by atoms with E-state index in [9.17, 15) is 0 Å². The van der Waals surface area contributed by atoms with Crippen LogP contribution in [0, 0.1) is 12.8 Å². The van der Waals surface area contributed by atoms with Crippen LogP contribution < -0.4 is 11.1 Å². The Balaban J connectivity index is 2.15. The van der Waals surface area contributed by atoms with E-state index in [0.29, 0.717) is 12.5 Å². The summed E-state index contributed by atoms with van der Waals surface area (Å²) in [6.45, 7) is 4.86. The molecule has 1 aromatic rings. The third-order valence-electron chi connectivity index (χ3n) is 3.50. The number of hydrogen-bond donors (Lipinski definition) is 2. The van der Waals surface area contributed by atoms with E-state index in [1.165, 1.54) is 12.8 Å². The largest absolute Gasteiger partial charge is 0.378 e. The van der Waals surface area contributed by atoms with Crippen LogP contribution in [-0.4, -0.2) is 12.1 Å². The van der Waals surface area contributed by atoms with Gasteiger partial charge >= 0.3 is 0 Å². The molecule has 1 aliphatic rings. The molecule has 0 aromatic heterocycles. The van der Waals surface area contributed by atoms with Crippen molar-refractivity contribution in [3.05, 3.63) is 28.8 Å². The van der Waals surface area contributed by atoms with E-state index in [4.69, 9.17) is 17.3 Å². The predicted molar refractivity (Wildman–Crippen MR) is 70.0 cm³/mol. The maximum Gasteiger partial charge on any atom is 0.0495 e. The van der Waals surface area contributed by atoms with Gasteiger partial charge in [0.05, 0.1) is 0 Å². The summed E-state index contributed by atoms with van der Waals surface area (Å²) in [7, 11) is 0. The summed E-state index contributed by atoms with van der Waals surface area (Å²) >= 11 is 6.11. The van der Waals surface area contributed by atoms with E-state index >= 15 is 0 Å². The summed E-state index contributed by atoms with van der Waals surface area (Å²) in [5.74, 6) is 0.706. The molecular weight excluding hydrogens is 220 g/mol. The van der Waals surface area contributed by atoms with Gasteiger partial charge in [0.25, 0.3) is 0 Å². The highest BCUT2D eigenvalue weighted by Crippen LogP contribution is 2.41. The van der Waals surface area contributed by atoms with E-state index in [-0.39, 0.29) is 5.54 Å². The molecule has 0 aliphatic heterocycles. The molecule has 1 unspecified atom stereocenters. The van der Waals surface area contributed by atoms with Crippen molar-refractivity contribution in [2.75, 3.05) is 11.9 Å². The van der Waals surface area contributed by atoms with Gasteiger partial charge in [0.2, 0.25) is 0 Å². The molecule has 3 heteroatoms. The highest BCUT2D eigenvalue weighted by Gasteiger charge is 2.40. The molecular formula is C13H19ClN2. The van der Waals surface area contributed by atoms with E-state index in [0.717, 1.165) is 16.3 Å². The second kappa shape index (κ2) is 4.27. The number of benzene rings is 1. The average Bonchev–Trinajstić information content (AvgIpc) is 3.07. The predicted octanol–water partition coefficient (Wildman–Crippen LogP) is 3.19. The van der Waals surface area contributed by atoms with Gasteiger partial charge in [-0.15, -0.1) is 0 Å². The zero-order valence-electron chi connectivity index (χ0n) is 9.89. The molecule has 1 aromatic carbocycles. The van der Waals surface area contributed by atoms with Gasteiger partial charge in [-0.2, -0.15) is 0 Å². The lowest BCUT2D eigenvalue weighted by molar-refractivity contribution is 0.459. The average molecular weight is 239 g/mol. The summed E-state index contributed by atoms with van der Waals surface area (Å²) in [6, 6.07) is 6.08. The standard InChI is InChI=1S/C13H19ClN2/c1-9-3-6-11(7-12(9)14)16-13(2,8-15)10-4-5-10/h3,6-7,10,16H,4-5,8,15H2,1-2H3. The summed E-state index contributed by atoms with van der Waals surface area (Å²) < 4.78 is 0. The molecule has 1 atom stereocenters. The van der Waals surface area contributed by atoms with Crippen LogP contribution in [0.3, 0.4) is 0 Å². The first-order chi connectivity index (χ1) is 7.55. The molecule has 1 fully saturated rings. The fourth-order valence-corrected chi connectivity index (χ4v) is 2.22. The minimum Gasteiger partial charge on any atom is -0.378 e. The highest BCUT2D eigenvalue weighted by molar-refractivity contribution is 6.31. The Morgan fingerprint density at radius 3 is 2.69 bits per heavy atom. The zero-order valence-corrected chi connectivity index (χ0v) is 10.6. The zero-order chi connectivity index (χ0) is 11.8. The molecule has 2 rings (SSSR count). The van der Waals surface area contributed by atoms with Crippen molar-refractivity contribution in [2.24, 2.45) is 11.7 Å². The smallest absolute Gasteiger partial charge is 0.0495 e. The molecule has 3 N–H and O–H groups in total. The topological polar surface area (TPSA) is 38.0 Å². The fraction of sp³-hybridized carbons (Fsp3) is 0.538. The third kappa shape index (κ3) is 2.33. The van der Waals surface area contributed by atoms with Crippen LogP contribution in [0.15, 0.2) is 18.2 Å². The van der Waals surface area contributed by atoms with Gasteiger partial charge in [-0.3, -0.25) is 0 Å². The molecule has 2 nitrogen and oxygen atoms in total. The summed E-state index contributed by atoms with van der Waals surface area (Å²) in [5, 5.41) is 4.33. The Bertz CT molecular complexity index is 388. The SMILES string of the molecule is Cc1ccc(NC(C)(CN)C2CC2)cc1Cl. The normalized spacial score (nSPS) is 19.2. The first-order valence-corrected chi connectivity index (χ1v) is 6.17. The Morgan fingerprint density at radius 1 is 1.50 bits per heavy atom. The lowest BCUT2D eigenvalue weighted by Gasteiger charge is -2.31. The minimum absolute atomic E-state index is 0.0125. The van der Waals surface area contributed by atoms with Gasteiger partial charge in [0.15, 0.2) is 0 Å². The number of rotatable bonds is 4. The molecule has 0 bridgehead atoms. The molecule has 0 heterocycles. The number of aryl methyl sites for hydroxylation is 1. The number of hydrogen-bond acceptors (Lipinski definition) is 2. The van der Waals surface area contributed by atoms with Crippen LogP contribution in [0.5, 0.6) is 0 Å². The van der Waals surface area contributed by atoms with Crippen LogP contribution in [-0.2, 0) is 0 Å². The second-order valence-corrected chi connectivity index (χ2v) is 5.39. The Morgan fingerprint density at radius 2 is 2.19 bits per heavy atom. The van der Waals surface area contributed by atoms with Gasteiger partial charge in [-0.05, 0) is 50.3 Å². The van der Waals surface area contributed by atoms with Gasteiger partial charge < -0.3 is 11.1 Å². The number of halogens is 1. The van der Waals surface area contributed by atoms with E-state index < -0.39 is 0 Å². The van der Waals surface area contributed by atoms with Crippen molar-refractivity contribution in [2.45, 2.75) is 32.2 Å². The van der Waals surface area contributed by atoms with Crippen molar-refractivity contribution in [3.63, 3.8) is 0 Å². The molecule has 1 saturated carbocycles. The first-order valence-electron chi connectivity index (χ1n) is 5.79. The van der Waals surface area contributed by atoms with E-state index in [2.05, 4.69) is 18.3 Å². The second-order valence-electron chi connectivity index (χ2n) is 4.98. The van der Waals surface area contributed by atoms with E-state index in [1.807, 2.05) is 19.1 Å². The van der Waals surface area contributed by atoms with Crippen LogP contribution in [0.25, 0.3) is 0 Å². The maximum absolute atomic E-state index is 6.11.